The van der Waals surface area contributed by atoms with Crippen molar-refractivity contribution >= 4 is 11.3 Å². The molecule has 0 unspecified atom stereocenters. The largest absolute Gasteiger partial charge is 0.493 e. The lowest BCUT2D eigenvalue weighted by atomic mass is 9.83. The molecule has 0 fully saturated rings. The molecule has 0 amide bonds. The van der Waals surface area contributed by atoms with Gasteiger partial charge >= 0.3 is 0 Å². The van der Waals surface area contributed by atoms with Crippen LogP contribution in [0.2, 0.25) is 0 Å². The molecule has 0 aliphatic heterocycles. The minimum atomic E-state index is -1.59. The van der Waals surface area contributed by atoms with Gasteiger partial charge in [0.1, 0.15) is 11.4 Å². The maximum Gasteiger partial charge on any atom is 0.219 e. The summed E-state index contributed by atoms with van der Waals surface area (Å²) in [7, 11) is 3.98. The number of aliphatic hydroxyl groups is 1. The Morgan fingerprint density at radius 3 is 1.88 bits per heavy atom. The second-order valence-corrected chi connectivity index (χ2v) is 8.57. The lowest BCUT2D eigenvalue weighted by Gasteiger charge is -2.29. The molecule has 5 rings (SSSR count). The number of benzene rings is 3. The fourth-order valence-corrected chi connectivity index (χ4v) is 4.26. The number of hydrogen-bond acceptors (Lipinski definition) is 5. The molecule has 0 saturated carbocycles. The monoisotopic (exact) mass is 450 g/mol. The Hall–Kier alpha value is -4.16. The van der Waals surface area contributed by atoms with Gasteiger partial charge in [-0.3, -0.25) is 4.40 Å². The highest BCUT2D eigenvalue weighted by Gasteiger charge is 2.38. The van der Waals surface area contributed by atoms with E-state index < -0.39 is 5.60 Å². The van der Waals surface area contributed by atoms with Crippen LogP contribution >= 0.6 is 0 Å². The van der Waals surface area contributed by atoms with Gasteiger partial charge in [-0.25, -0.2) is 9.97 Å². The first-order valence-electron chi connectivity index (χ1n) is 11.1. The molecule has 2 aromatic heterocycles. The van der Waals surface area contributed by atoms with Gasteiger partial charge in [0.25, 0.3) is 0 Å². The third-order valence-corrected chi connectivity index (χ3v) is 6.15. The van der Waals surface area contributed by atoms with Crippen molar-refractivity contribution in [1.82, 2.24) is 14.4 Å². The number of aromatic hydroxyl groups is 1. The van der Waals surface area contributed by atoms with E-state index in [1.165, 1.54) is 0 Å². The first-order chi connectivity index (χ1) is 16.4. The summed E-state index contributed by atoms with van der Waals surface area (Å²) in [4.78, 5) is 11.6. The molecular weight excluding hydrogens is 424 g/mol. The standard InChI is InChI=1S/C28H26N4O2/c1-19-27(33)32-18-24(20-14-16-23(17-15-20)31(2)3)30-25(26(32)29-19)28(34,21-10-6-4-7-11-21)22-12-8-5-9-13-22/h4-18,33-34H,1-3H3. The van der Waals surface area contributed by atoms with Crippen LogP contribution in [0, 0.1) is 6.92 Å². The Balaban J connectivity index is 1.83. The molecule has 0 spiro atoms. The van der Waals surface area contributed by atoms with Crippen LogP contribution in [0.3, 0.4) is 0 Å². The summed E-state index contributed by atoms with van der Waals surface area (Å²) in [5, 5.41) is 23.2. The molecule has 34 heavy (non-hydrogen) atoms. The maximum absolute atomic E-state index is 12.4. The lowest BCUT2D eigenvalue weighted by molar-refractivity contribution is 0.122. The van der Waals surface area contributed by atoms with E-state index in [0.717, 1.165) is 11.3 Å². The van der Waals surface area contributed by atoms with Crippen molar-refractivity contribution in [3.8, 4) is 17.1 Å². The second kappa shape index (κ2) is 8.32. The van der Waals surface area contributed by atoms with Crippen molar-refractivity contribution in [3.63, 3.8) is 0 Å². The van der Waals surface area contributed by atoms with Crippen molar-refractivity contribution in [3.05, 3.63) is 114 Å². The summed E-state index contributed by atoms with van der Waals surface area (Å²) < 4.78 is 1.60. The second-order valence-electron chi connectivity index (χ2n) is 8.57. The van der Waals surface area contributed by atoms with E-state index in [1.54, 1.807) is 17.5 Å². The smallest absolute Gasteiger partial charge is 0.219 e. The van der Waals surface area contributed by atoms with Crippen molar-refractivity contribution in [2.24, 2.45) is 0 Å². The average Bonchev–Trinajstić information content (AvgIpc) is 3.17. The molecule has 6 heteroatoms. The van der Waals surface area contributed by atoms with Crippen LogP contribution in [0.25, 0.3) is 16.9 Å². The number of nitrogens with zero attached hydrogens (tertiary/aromatic N) is 4. The first-order valence-corrected chi connectivity index (χ1v) is 11.1. The predicted octanol–water partition coefficient (Wildman–Crippen LogP) is 4.76. The molecule has 2 N–H and O–H groups in total. The molecule has 0 aliphatic rings. The Morgan fingerprint density at radius 2 is 1.35 bits per heavy atom. The van der Waals surface area contributed by atoms with Crippen LogP contribution in [0.4, 0.5) is 5.69 Å². The molecule has 3 aromatic carbocycles. The van der Waals surface area contributed by atoms with Gasteiger partial charge in [0.05, 0.1) is 5.69 Å². The molecule has 0 bridgehead atoms. The van der Waals surface area contributed by atoms with Crippen LogP contribution in [0.5, 0.6) is 5.88 Å². The van der Waals surface area contributed by atoms with Crippen LogP contribution < -0.4 is 4.90 Å². The van der Waals surface area contributed by atoms with E-state index in [1.807, 2.05) is 104 Å². The van der Waals surface area contributed by atoms with E-state index in [9.17, 15) is 10.2 Å². The van der Waals surface area contributed by atoms with E-state index in [0.29, 0.717) is 33.9 Å². The SMILES string of the molecule is Cc1nc2c(C(O)(c3ccccc3)c3ccccc3)nc(-c3ccc(N(C)C)cc3)cn2c1O. The predicted molar refractivity (Wildman–Crippen MR) is 134 cm³/mol. The summed E-state index contributed by atoms with van der Waals surface area (Å²) in [5.74, 6) is 0.0216. The molecule has 170 valence electrons. The van der Waals surface area contributed by atoms with E-state index in [-0.39, 0.29) is 5.88 Å². The van der Waals surface area contributed by atoms with Gasteiger partial charge < -0.3 is 15.1 Å². The van der Waals surface area contributed by atoms with Gasteiger partial charge in [-0.05, 0) is 30.2 Å². The summed E-state index contributed by atoms with van der Waals surface area (Å²) in [6, 6.07) is 26.9. The minimum absolute atomic E-state index is 0.0216. The molecule has 0 aliphatic carbocycles. The molecular formula is C28H26N4O2. The number of aryl methyl sites for hydroxylation is 1. The van der Waals surface area contributed by atoms with Crippen molar-refractivity contribution in [1.29, 1.82) is 0 Å². The van der Waals surface area contributed by atoms with Crippen molar-refractivity contribution in [2.45, 2.75) is 12.5 Å². The molecule has 2 heterocycles. The quantitative estimate of drug-likeness (QED) is 0.404. The Labute approximate surface area is 198 Å². The summed E-state index contributed by atoms with van der Waals surface area (Å²) in [6.07, 6.45) is 1.76. The molecule has 5 aromatic rings. The number of rotatable bonds is 5. The topological polar surface area (TPSA) is 73.9 Å². The highest BCUT2D eigenvalue weighted by atomic mass is 16.3. The molecule has 0 radical (unpaired) electrons. The van der Waals surface area contributed by atoms with Crippen LogP contribution in [0.15, 0.2) is 91.1 Å². The Kier molecular flexibility index (Phi) is 5.30. The zero-order chi connectivity index (χ0) is 23.9. The van der Waals surface area contributed by atoms with Gasteiger partial charge in [0.2, 0.25) is 5.88 Å². The molecule has 6 nitrogen and oxygen atoms in total. The zero-order valence-corrected chi connectivity index (χ0v) is 19.3. The lowest BCUT2D eigenvalue weighted by Crippen LogP contribution is -2.31. The first kappa shape index (κ1) is 21.7. The summed E-state index contributed by atoms with van der Waals surface area (Å²) >= 11 is 0. The summed E-state index contributed by atoms with van der Waals surface area (Å²) in [6.45, 7) is 1.74. The number of hydrogen-bond donors (Lipinski definition) is 2. The van der Waals surface area contributed by atoms with Gasteiger partial charge in [-0.1, -0.05) is 72.8 Å². The van der Waals surface area contributed by atoms with E-state index in [2.05, 4.69) is 4.98 Å². The highest BCUT2D eigenvalue weighted by molar-refractivity contribution is 5.67. The van der Waals surface area contributed by atoms with Crippen LogP contribution in [-0.4, -0.2) is 38.7 Å². The zero-order valence-electron chi connectivity index (χ0n) is 19.3. The van der Waals surface area contributed by atoms with E-state index >= 15 is 0 Å². The highest BCUT2D eigenvalue weighted by Crippen LogP contribution is 2.39. The fourth-order valence-electron chi connectivity index (χ4n) is 4.26. The van der Waals surface area contributed by atoms with Gasteiger partial charge in [0.15, 0.2) is 11.2 Å². The normalized spacial score (nSPS) is 11.6. The van der Waals surface area contributed by atoms with E-state index in [4.69, 9.17) is 4.98 Å². The minimum Gasteiger partial charge on any atom is -0.493 e. The van der Waals surface area contributed by atoms with Gasteiger partial charge in [-0.2, -0.15) is 0 Å². The third kappa shape index (κ3) is 3.49. The maximum atomic E-state index is 12.4. The number of aromatic nitrogens is 3. The summed E-state index contributed by atoms with van der Waals surface area (Å²) in [5.41, 5.74) is 3.50. The van der Waals surface area contributed by atoms with Crippen molar-refractivity contribution in [2.75, 3.05) is 19.0 Å². The molecule has 0 saturated heterocycles. The third-order valence-electron chi connectivity index (χ3n) is 6.15. The Bertz CT molecular complexity index is 1400. The van der Waals surface area contributed by atoms with Gasteiger partial charge in [-0.15, -0.1) is 0 Å². The number of imidazole rings is 1. The van der Waals surface area contributed by atoms with Crippen molar-refractivity contribution < 1.29 is 10.2 Å². The number of anilines is 1. The molecule has 0 atom stereocenters. The Morgan fingerprint density at radius 1 is 0.794 bits per heavy atom. The van der Waals surface area contributed by atoms with Crippen LogP contribution in [0.1, 0.15) is 22.5 Å². The number of fused-ring (bicyclic) bond motifs is 1. The fraction of sp³-hybridized carbons (Fsp3) is 0.143. The van der Waals surface area contributed by atoms with Gasteiger partial charge in [0, 0.05) is 31.5 Å². The average molecular weight is 451 g/mol. The van der Waals surface area contributed by atoms with Crippen LogP contribution in [-0.2, 0) is 5.60 Å².